The molecule has 0 atom stereocenters. The van der Waals surface area contributed by atoms with Gasteiger partial charge in [-0.3, -0.25) is 4.79 Å². The van der Waals surface area contributed by atoms with Gasteiger partial charge in [0.1, 0.15) is 0 Å². The summed E-state index contributed by atoms with van der Waals surface area (Å²) in [5, 5.41) is 3.54. The van der Waals surface area contributed by atoms with Crippen molar-refractivity contribution in [3.8, 4) is 11.5 Å². The number of aryl methyl sites for hydroxylation is 2. The summed E-state index contributed by atoms with van der Waals surface area (Å²) in [4.78, 5) is 12.0. The predicted octanol–water partition coefficient (Wildman–Crippen LogP) is 4.55. The fourth-order valence-electron chi connectivity index (χ4n) is 2.55. The van der Waals surface area contributed by atoms with Gasteiger partial charge >= 0.3 is 6.61 Å². The van der Waals surface area contributed by atoms with Gasteiger partial charge in [-0.15, -0.1) is 0 Å². The Kier molecular flexibility index (Phi) is 7.85. The molecule has 0 radical (unpaired) electrons. The number of rotatable bonds is 9. The van der Waals surface area contributed by atoms with Crippen LogP contribution in [0.4, 0.5) is 8.78 Å². The Balaban J connectivity index is 1.79. The monoisotopic (exact) mass is 397 g/mol. The van der Waals surface area contributed by atoms with Crippen LogP contribution in [0.3, 0.4) is 0 Å². The van der Waals surface area contributed by atoms with E-state index in [2.05, 4.69) is 10.1 Å². The van der Waals surface area contributed by atoms with E-state index in [4.69, 9.17) is 16.3 Å². The van der Waals surface area contributed by atoms with Crippen molar-refractivity contribution in [2.75, 3.05) is 13.7 Å². The largest absolute Gasteiger partial charge is 0.493 e. The lowest BCUT2D eigenvalue weighted by atomic mass is 10.1. The van der Waals surface area contributed by atoms with Crippen LogP contribution in [0.25, 0.3) is 0 Å². The van der Waals surface area contributed by atoms with Crippen LogP contribution in [0.2, 0.25) is 5.02 Å². The van der Waals surface area contributed by atoms with Gasteiger partial charge in [-0.1, -0.05) is 29.8 Å². The average Bonchev–Trinajstić information content (AvgIpc) is 2.63. The van der Waals surface area contributed by atoms with Crippen LogP contribution in [0.5, 0.6) is 11.5 Å². The van der Waals surface area contributed by atoms with Crippen molar-refractivity contribution in [3.05, 3.63) is 58.1 Å². The van der Waals surface area contributed by atoms with Gasteiger partial charge in [-0.2, -0.15) is 8.78 Å². The third kappa shape index (κ3) is 6.71. The second-order valence-corrected chi connectivity index (χ2v) is 6.45. The lowest BCUT2D eigenvalue weighted by Crippen LogP contribution is -2.25. The zero-order valence-electron chi connectivity index (χ0n) is 15.2. The first kappa shape index (κ1) is 21.0. The van der Waals surface area contributed by atoms with E-state index < -0.39 is 6.61 Å². The Labute approximate surface area is 162 Å². The maximum absolute atomic E-state index is 12.3. The topological polar surface area (TPSA) is 47.6 Å². The van der Waals surface area contributed by atoms with Gasteiger partial charge < -0.3 is 14.8 Å². The maximum Gasteiger partial charge on any atom is 0.387 e. The van der Waals surface area contributed by atoms with E-state index in [1.165, 1.54) is 13.2 Å². The Hall–Kier alpha value is -2.34. The highest BCUT2D eigenvalue weighted by atomic mass is 35.5. The molecule has 0 fully saturated rings. The molecule has 27 heavy (non-hydrogen) atoms. The highest BCUT2D eigenvalue weighted by Crippen LogP contribution is 2.29. The van der Waals surface area contributed by atoms with Gasteiger partial charge in [0, 0.05) is 18.0 Å². The van der Waals surface area contributed by atoms with Crippen molar-refractivity contribution in [1.29, 1.82) is 0 Å². The molecule has 0 spiro atoms. The molecule has 0 bridgehead atoms. The van der Waals surface area contributed by atoms with Crippen LogP contribution >= 0.6 is 11.6 Å². The predicted molar refractivity (Wildman–Crippen MR) is 101 cm³/mol. The summed E-state index contributed by atoms with van der Waals surface area (Å²) < 4.78 is 34.1. The zero-order valence-corrected chi connectivity index (χ0v) is 16.0. The van der Waals surface area contributed by atoms with E-state index in [9.17, 15) is 13.6 Å². The highest BCUT2D eigenvalue weighted by molar-refractivity contribution is 6.31. The number of benzene rings is 2. The summed E-state index contributed by atoms with van der Waals surface area (Å²) in [6, 6.07) is 10.5. The van der Waals surface area contributed by atoms with Gasteiger partial charge in [0.15, 0.2) is 11.5 Å². The number of carbonyl (C=O) groups excluding carboxylic acids is 1. The van der Waals surface area contributed by atoms with Crippen molar-refractivity contribution in [3.63, 3.8) is 0 Å². The molecule has 2 rings (SSSR count). The summed E-state index contributed by atoms with van der Waals surface area (Å²) in [6.45, 7) is -0.543. The van der Waals surface area contributed by atoms with Gasteiger partial charge in [0.2, 0.25) is 5.91 Å². The average molecular weight is 398 g/mol. The SMILES string of the molecule is COc1cc(CCNC(=O)CCc2ccc(C)c(Cl)c2)ccc1OC(F)F. The molecular weight excluding hydrogens is 376 g/mol. The van der Waals surface area contributed by atoms with E-state index >= 15 is 0 Å². The first-order valence-electron chi connectivity index (χ1n) is 8.52. The van der Waals surface area contributed by atoms with Crippen molar-refractivity contribution >= 4 is 17.5 Å². The first-order chi connectivity index (χ1) is 12.9. The molecule has 2 aromatic carbocycles. The molecule has 4 nitrogen and oxygen atoms in total. The first-order valence-corrected chi connectivity index (χ1v) is 8.90. The molecule has 146 valence electrons. The minimum absolute atomic E-state index is 0.0166. The summed E-state index contributed by atoms with van der Waals surface area (Å²) in [7, 11) is 1.39. The number of carbonyl (C=O) groups is 1. The third-order valence-electron chi connectivity index (χ3n) is 4.06. The van der Waals surface area contributed by atoms with Crippen molar-refractivity contribution in [2.24, 2.45) is 0 Å². The molecule has 0 aromatic heterocycles. The molecular formula is C20H22ClF2NO3. The molecule has 0 saturated heterocycles. The molecule has 1 amide bonds. The quantitative estimate of drug-likeness (QED) is 0.675. The second kappa shape index (κ2) is 10.1. The summed E-state index contributed by atoms with van der Waals surface area (Å²) in [5.74, 6) is 0.156. The molecule has 0 heterocycles. The Bertz CT molecular complexity index is 784. The van der Waals surface area contributed by atoms with Crippen molar-refractivity contribution < 1.29 is 23.0 Å². The third-order valence-corrected chi connectivity index (χ3v) is 4.46. The summed E-state index contributed by atoms with van der Waals surface area (Å²) in [5.41, 5.74) is 2.87. The smallest absolute Gasteiger partial charge is 0.387 e. The lowest BCUT2D eigenvalue weighted by Gasteiger charge is -2.12. The number of hydrogen-bond acceptors (Lipinski definition) is 3. The number of halogens is 3. The van der Waals surface area contributed by atoms with Crippen LogP contribution in [0.15, 0.2) is 36.4 Å². The molecule has 1 N–H and O–H groups in total. The molecule has 0 aliphatic heterocycles. The zero-order chi connectivity index (χ0) is 19.8. The van der Waals surface area contributed by atoms with Crippen LogP contribution in [-0.2, 0) is 17.6 Å². The minimum atomic E-state index is -2.91. The maximum atomic E-state index is 12.3. The van der Waals surface area contributed by atoms with Crippen molar-refractivity contribution in [2.45, 2.75) is 32.8 Å². The van der Waals surface area contributed by atoms with Crippen LogP contribution in [-0.4, -0.2) is 26.2 Å². The highest BCUT2D eigenvalue weighted by Gasteiger charge is 2.11. The van der Waals surface area contributed by atoms with Gasteiger partial charge in [-0.25, -0.2) is 0 Å². The Morgan fingerprint density at radius 3 is 2.48 bits per heavy atom. The minimum Gasteiger partial charge on any atom is -0.493 e. The van der Waals surface area contributed by atoms with E-state index in [1.807, 2.05) is 25.1 Å². The van der Waals surface area contributed by atoms with E-state index in [1.54, 1.807) is 12.1 Å². The number of hydrogen-bond donors (Lipinski definition) is 1. The molecule has 0 aliphatic carbocycles. The van der Waals surface area contributed by atoms with Crippen molar-refractivity contribution in [1.82, 2.24) is 5.32 Å². The number of ether oxygens (including phenoxy) is 2. The molecule has 2 aromatic rings. The van der Waals surface area contributed by atoms with Gasteiger partial charge in [0.25, 0.3) is 0 Å². The lowest BCUT2D eigenvalue weighted by molar-refractivity contribution is -0.121. The molecule has 0 unspecified atom stereocenters. The molecule has 0 aliphatic rings. The normalized spacial score (nSPS) is 10.7. The molecule has 7 heteroatoms. The van der Waals surface area contributed by atoms with Crippen LogP contribution < -0.4 is 14.8 Å². The van der Waals surface area contributed by atoms with Crippen LogP contribution in [0.1, 0.15) is 23.1 Å². The van der Waals surface area contributed by atoms with E-state index in [0.29, 0.717) is 30.8 Å². The van der Waals surface area contributed by atoms with Crippen LogP contribution in [0, 0.1) is 6.92 Å². The fraction of sp³-hybridized carbons (Fsp3) is 0.350. The standard InChI is InChI=1S/C20H22ClF2NO3/c1-13-3-4-14(11-16(13)21)6-8-19(25)24-10-9-15-5-7-17(27-20(22)23)18(12-15)26-2/h3-5,7,11-12,20H,6,8-10H2,1-2H3,(H,24,25). The second-order valence-electron chi connectivity index (χ2n) is 6.05. The van der Waals surface area contributed by atoms with E-state index in [-0.39, 0.29) is 17.4 Å². The Morgan fingerprint density at radius 1 is 1.11 bits per heavy atom. The summed E-state index contributed by atoms with van der Waals surface area (Å²) in [6.07, 6.45) is 1.52. The van der Waals surface area contributed by atoms with E-state index in [0.717, 1.165) is 16.7 Å². The number of alkyl halides is 2. The number of methoxy groups -OCH3 is 1. The molecule has 0 saturated carbocycles. The Morgan fingerprint density at radius 2 is 1.81 bits per heavy atom. The van der Waals surface area contributed by atoms with Gasteiger partial charge in [0.05, 0.1) is 7.11 Å². The summed E-state index contributed by atoms with van der Waals surface area (Å²) >= 11 is 6.08. The fourth-order valence-corrected chi connectivity index (χ4v) is 2.75. The number of nitrogens with one attached hydrogen (secondary N) is 1. The number of amides is 1. The van der Waals surface area contributed by atoms with Gasteiger partial charge in [-0.05, 0) is 54.7 Å².